The number of hydrogen-bond acceptors (Lipinski definition) is 3. The number of carbonyl (C=O) groups is 2. The Balaban J connectivity index is 1.87. The van der Waals surface area contributed by atoms with Crippen molar-refractivity contribution >= 4 is 11.9 Å². The zero-order valence-electron chi connectivity index (χ0n) is 13.1. The SMILES string of the molecule is Cc1nn(-c2ccccc2)cc1C(=O)N1CCC(C(=O)O)C1C. The van der Waals surface area contributed by atoms with Crippen LogP contribution in [0.1, 0.15) is 29.4 Å². The van der Waals surface area contributed by atoms with Gasteiger partial charge in [0.1, 0.15) is 0 Å². The molecule has 0 radical (unpaired) electrons. The topological polar surface area (TPSA) is 75.4 Å². The van der Waals surface area contributed by atoms with Crippen molar-refractivity contribution in [2.45, 2.75) is 26.3 Å². The highest BCUT2D eigenvalue weighted by Crippen LogP contribution is 2.27. The molecule has 2 atom stereocenters. The van der Waals surface area contributed by atoms with Crippen LogP contribution in [0.4, 0.5) is 0 Å². The molecular formula is C17H19N3O3. The number of para-hydroxylation sites is 1. The van der Waals surface area contributed by atoms with Crippen molar-refractivity contribution in [1.82, 2.24) is 14.7 Å². The fraction of sp³-hybridized carbons (Fsp3) is 0.353. The summed E-state index contributed by atoms with van der Waals surface area (Å²) in [5, 5.41) is 13.6. The monoisotopic (exact) mass is 313 g/mol. The molecule has 1 aliphatic heterocycles. The van der Waals surface area contributed by atoms with E-state index in [4.69, 9.17) is 0 Å². The fourth-order valence-corrected chi connectivity index (χ4v) is 3.09. The van der Waals surface area contributed by atoms with E-state index in [-0.39, 0.29) is 11.9 Å². The summed E-state index contributed by atoms with van der Waals surface area (Å²) in [6, 6.07) is 9.27. The lowest BCUT2D eigenvalue weighted by atomic mass is 10.0. The Morgan fingerprint density at radius 1 is 1.26 bits per heavy atom. The Morgan fingerprint density at radius 3 is 2.57 bits per heavy atom. The molecule has 23 heavy (non-hydrogen) atoms. The lowest BCUT2D eigenvalue weighted by molar-refractivity contribution is -0.142. The third-order valence-electron chi connectivity index (χ3n) is 4.48. The van der Waals surface area contributed by atoms with Gasteiger partial charge in [0.05, 0.1) is 22.9 Å². The maximum atomic E-state index is 12.8. The number of nitrogens with zero attached hydrogens (tertiary/aromatic N) is 3. The summed E-state index contributed by atoms with van der Waals surface area (Å²) >= 11 is 0. The van der Waals surface area contributed by atoms with Gasteiger partial charge >= 0.3 is 5.97 Å². The van der Waals surface area contributed by atoms with Crippen LogP contribution < -0.4 is 0 Å². The number of aryl methyl sites for hydroxylation is 1. The first kappa shape index (κ1) is 15.3. The first-order valence-corrected chi connectivity index (χ1v) is 7.64. The van der Waals surface area contributed by atoms with Crippen molar-refractivity contribution in [2.24, 2.45) is 5.92 Å². The van der Waals surface area contributed by atoms with Crippen LogP contribution in [0.5, 0.6) is 0 Å². The van der Waals surface area contributed by atoms with Gasteiger partial charge in [-0.05, 0) is 32.4 Å². The van der Waals surface area contributed by atoms with E-state index in [0.29, 0.717) is 24.2 Å². The standard InChI is InChI=1S/C17H19N3O3/c1-11-15(10-20(18-11)13-6-4-3-5-7-13)16(21)19-9-8-14(12(19)2)17(22)23/h3-7,10,12,14H,8-9H2,1-2H3,(H,22,23). The molecule has 1 saturated heterocycles. The van der Waals surface area contributed by atoms with Crippen LogP contribution in [0.3, 0.4) is 0 Å². The molecule has 1 aromatic carbocycles. The van der Waals surface area contributed by atoms with Crippen molar-refractivity contribution < 1.29 is 14.7 Å². The number of carboxylic acid groups (broad SMARTS) is 1. The minimum Gasteiger partial charge on any atom is -0.481 e. The second-order valence-electron chi connectivity index (χ2n) is 5.88. The van der Waals surface area contributed by atoms with Crippen molar-refractivity contribution in [3.63, 3.8) is 0 Å². The van der Waals surface area contributed by atoms with Gasteiger partial charge in [-0.15, -0.1) is 0 Å². The average Bonchev–Trinajstić information content (AvgIpc) is 3.11. The molecule has 1 aliphatic rings. The lowest BCUT2D eigenvalue weighted by Gasteiger charge is -2.22. The number of hydrogen-bond donors (Lipinski definition) is 1. The predicted octanol–water partition coefficient (Wildman–Crippen LogP) is 2.12. The zero-order chi connectivity index (χ0) is 16.6. The van der Waals surface area contributed by atoms with Crippen molar-refractivity contribution in [3.05, 3.63) is 47.8 Å². The fourth-order valence-electron chi connectivity index (χ4n) is 3.09. The van der Waals surface area contributed by atoms with Gasteiger partial charge in [-0.3, -0.25) is 9.59 Å². The molecule has 1 fully saturated rings. The lowest BCUT2D eigenvalue weighted by Crippen LogP contribution is -2.37. The number of likely N-dealkylation sites (tertiary alicyclic amines) is 1. The molecule has 0 aliphatic carbocycles. The third kappa shape index (κ3) is 2.72. The quantitative estimate of drug-likeness (QED) is 0.941. The molecule has 0 saturated carbocycles. The third-order valence-corrected chi connectivity index (χ3v) is 4.48. The normalized spacial score (nSPS) is 20.7. The van der Waals surface area contributed by atoms with Gasteiger partial charge < -0.3 is 10.0 Å². The molecular weight excluding hydrogens is 294 g/mol. The van der Waals surface area contributed by atoms with E-state index in [1.54, 1.807) is 29.6 Å². The van der Waals surface area contributed by atoms with Crippen LogP contribution >= 0.6 is 0 Å². The Hall–Kier alpha value is -2.63. The van der Waals surface area contributed by atoms with Crippen LogP contribution in [0.2, 0.25) is 0 Å². The van der Waals surface area contributed by atoms with E-state index < -0.39 is 11.9 Å². The number of rotatable bonds is 3. The Bertz CT molecular complexity index is 739. The van der Waals surface area contributed by atoms with Crippen LogP contribution in [-0.4, -0.2) is 44.3 Å². The molecule has 2 heterocycles. The summed E-state index contributed by atoms with van der Waals surface area (Å²) in [5.41, 5.74) is 2.05. The maximum absolute atomic E-state index is 12.8. The van der Waals surface area contributed by atoms with Gasteiger partial charge in [0.2, 0.25) is 0 Å². The molecule has 0 spiro atoms. The highest BCUT2D eigenvalue weighted by Gasteiger charge is 2.39. The molecule has 0 bridgehead atoms. The second kappa shape index (κ2) is 5.87. The van der Waals surface area contributed by atoms with E-state index in [2.05, 4.69) is 5.10 Å². The molecule has 1 N–H and O–H groups in total. The van der Waals surface area contributed by atoms with E-state index in [1.165, 1.54) is 0 Å². The summed E-state index contributed by atoms with van der Waals surface area (Å²) in [5.74, 6) is -1.49. The number of aromatic nitrogens is 2. The number of carboxylic acids is 1. The summed E-state index contributed by atoms with van der Waals surface area (Å²) in [4.78, 5) is 25.6. The zero-order valence-corrected chi connectivity index (χ0v) is 13.1. The number of amides is 1. The number of carbonyl (C=O) groups excluding carboxylic acids is 1. The van der Waals surface area contributed by atoms with Gasteiger partial charge in [0.25, 0.3) is 5.91 Å². The molecule has 120 valence electrons. The Labute approximate surface area is 134 Å². The molecule has 1 aromatic heterocycles. The summed E-state index contributed by atoms with van der Waals surface area (Å²) < 4.78 is 1.68. The molecule has 3 rings (SSSR count). The van der Waals surface area contributed by atoms with Gasteiger partial charge in [0, 0.05) is 18.8 Å². The highest BCUT2D eigenvalue weighted by molar-refractivity contribution is 5.96. The van der Waals surface area contributed by atoms with E-state index in [1.807, 2.05) is 30.3 Å². The first-order valence-electron chi connectivity index (χ1n) is 7.64. The molecule has 6 heteroatoms. The van der Waals surface area contributed by atoms with E-state index in [9.17, 15) is 14.7 Å². The molecule has 6 nitrogen and oxygen atoms in total. The first-order chi connectivity index (χ1) is 11.0. The van der Waals surface area contributed by atoms with Crippen molar-refractivity contribution in [2.75, 3.05) is 6.54 Å². The average molecular weight is 313 g/mol. The Morgan fingerprint density at radius 2 is 1.96 bits per heavy atom. The Kier molecular flexibility index (Phi) is 3.90. The van der Waals surface area contributed by atoms with Gasteiger partial charge in [-0.1, -0.05) is 18.2 Å². The highest BCUT2D eigenvalue weighted by atomic mass is 16.4. The molecule has 1 amide bonds. The van der Waals surface area contributed by atoms with Crippen molar-refractivity contribution in [3.8, 4) is 5.69 Å². The van der Waals surface area contributed by atoms with Crippen LogP contribution in [0.25, 0.3) is 5.69 Å². The van der Waals surface area contributed by atoms with Gasteiger partial charge in [-0.25, -0.2) is 4.68 Å². The molecule has 2 aromatic rings. The maximum Gasteiger partial charge on any atom is 0.308 e. The van der Waals surface area contributed by atoms with Crippen LogP contribution in [-0.2, 0) is 4.79 Å². The number of benzene rings is 1. The van der Waals surface area contributed by atoms with Crippen LogP contribution in [0.15, 0.2) is 36.5 Å². The van der Waals surface area contributed by atoms with Gasteiger partial charge in [-0.2, -0.15) is 5.10 Å². The number of aliphatic carboxylic acids is 1. The minimum absolute atomic E-state index is 0.152. The van der Waals surface area contributed by atoms with Gasteiger partial charge in [0.15, 0.2) is 0 Å². The van der Waals surface area contributed by atoms with Crippen LogP contribution in [0, 0.1) is 12.8 Å². The smallest absolute Gasteiger partial charge is 0.308 e. The molecule has 2 unspecified atom stereocenters. The summed E-state index contributed by atoms with van der Waals surface area (Å²) in [6.45, 7) is 4.05. The van der Waals surface area contributed by atoms with E-state index in [0.717, 1.165) is 5.69 Å². The summed E-state index contributed by atoms with van der Waals surface area (Å²) in [6.07, 6.45) is 2.21. The largest absolute Gasteiger partial charge is 0.481 e. The summed E-state index contributed by atoms with van der Waals surface area (Å²) in [7, 11) is 0. The van der Waals surface area contributed by atoms with Crippen molar-refractivity contribution in [1.29, 1.82) is 0 Å². The van der Waals surface area contributed by atoms with E-state index >= 15 is 0 Å². The predicted molar refractivity (Wildman–Crippen MR) is 84.5 cm³/mol. The second-order valence-corrected chi connectivity index (χ2v) is 5.88. The minimum atomic E-state index is -0.843.